The molecule has 0 rings (SSSR count). The Morgan fingerprint density at radius 3 is 1.27 bits per heavy atom. The van der Waals surface area contributed by atoms with Crippen LogP contribution in [-0.2, 0) is 10.0 Å². The molecule has 0 amide bonds. The van der Waals surface area contributed by atoms with Crippen LogP contribution in [0.1, 0.15) is 19.8 Å². The quantitative estimate of drug-likeness (QED) is 0.334. The van der Waals surface area contributed by atoms with Crippen LogP contribution in [0.15, 0.2) is 0 Å². The molecule has 0 saturated carbocycles. The minimum absolute atomic E-state index is 0.0164. The van der Waals surface area contributed by atoms with Gasteiger partial charge in [0.05, 0.1) is 0 Å². The molecule has 0 fully saturated rings. The standard InChI is InChI=1S/C11H10F15NO2S/c1-2-3-4-27-30(28,29)11(25,26)9(20,21)7(16,17)5(12,13)6(14,15)8(18,19)10(22,23)24/h27H,2-4H2,1H3. The predicted octanol–water partition coefficient (Wildman–Crippen LogP) is 5.04. The Labute approximate surface area is 157 Å². The van der Waals surface area contributed by atoms with Gasteiger partial charge in [0.2, 0.25) is 0 Å². The molecule has 182 valence electrons. The number of rotatable bonds is 10. The van der Waals surface area contributed by atoms with Gasteiger partial charge in [-0.25, -0.2) is 13.1 Å². The topological polar surface area (TPSA) is 46.2 Å². The Kier molecular flexibility index (Phi) is 7.48. The van der Waals surface area contributed by atoms with E-state index in [-0.39, 0.29) is 6.42 Å². The lowest BCUT2D eigenvalue weighted by molar-refractivity contribution is -0.447. The van der Waals surface area contributed by atoms with Gasteiger partial charge in [-0.2, -0.15) is 65.9 Å². The third-order valence-electron chi connectivity index (χ3n) is 3.46. The largest absolute Gasteiger partial charge is 0.460 e. The molecule has 19 heteroatoms. The Balaban J connectivity index is 6.56. The molecule has 3 nitrogen and oxygen atoms in total. The number of halogens is 15. The molecule has 0 bridgehead atoms. The summed E-state index contributed by atoms with van der Waals surface area (Å²) in [5.74, 6) is -41.6. The normalized spacial score (nSPS) is 16.1. The van der Waals surface area contributed by atoms with Gasteiger partial charge in [-0.1, -0.05) is 13.3 Å². The molecule has 0 aliphatic carbocycles. The summed E-state index contributed by atoms with van der Waals surface area (Å²) in [7, 11) is -7.04. The molecule has 1 N–H and O–H groups in total. The van der Waals surface area contributed by atoms with Crippen molar-refractivity contribution >= 4 is 10.0 Å². The number of sulfonamides is 1. The van der Waals surface area contributed by atoms with Crippen LogP contribution in [0.5, 0.6) is 0 Å². The van der Waals surface area contributed by atoms with Gasteiger partial charge in [0.1, 0.15) is 0 Å². The average Bonchev–Trinajstić information content (AvgIpc) is 2.52. The van der Waals surface area contributed by atoms with Gasteiger partial charge >= 0.3 is 41.0 Å². The van der Waals surface area contributed by atoms with E-state index in [4.69, 9.17) is 0 Å². The first-order chi connectivity index (χ1) is 12.8. The van der Waals surface area contributed by atoms with Crippen molar-refractivity contribution in [2.75, 3.05) is 6.54 Å². The summed E-state index contributed by atoms with van der Waals surface area (Å²) in [5.41, 5.74) is 0. The predicted molar refractivity (Wildman–Crippen MR) is 67.6 cm³/mol. The zero-order valence-corrected chi connectivity index (χ0v) is 14.8. The van der Waals surface area contributed by atoms with E-state index in [1.807, 2.05) is 0 Å². The summed E-state index contributed by atoms with van der Waals surface area (Å²) >= 11 is 0. The fourth-order valence-electron chi connectivity index (χ4n) is 1.59. The molecule has 0 heterocycles. The molecular formula is C11H10F15NO2S. The van der Waals surface area contributed by atoms with Crippen molar-refractivity contribution in [3.63, 3.8) is 0 Å². The van der Waals surface area contributed by atoms with E-state index >= 15 is 0 Å². The maximum atomic E-state index is 13.5. The van der Waals surface area contributed by atoms with Gasteiger partial charge < -0.3 is 0 Å². The Bertz CT molecular complexity index is 713. The van der Waals surface area contributed by atoms with Crippen molar-refractivity contribution < 1.29 is 74.3 Å². The summed E-state index contributed by atoms with van der Waals surface area (Å²) in [6, 6.07) is 0. The highest BCUT2D eigenvalue weighted by Gasteiger charge is 2.94. The number of unbranched alkanes of at least 4 members (excludes halogenated alkanes) is 1. The van der Waals surface area contributed by atoms with Crippen LogP contribution in [0, 0.1) is 0 Å². The molecule has 0 spiro atoms. The molecule has 0 aromatic rings. The Morgan fingerprint density at radius 1 is 0.600 bits per heavy atom. The molecule has 0 unspecified atom stereocenters. The average molecular weight is 505 g/mol. The van der Waals surface area contributed by atoms with Crippen molar-refractivity contribution in [2.45, 2.75) is 60.8 Å². The lowest BCUT2D eigenvalue weighted by atomic mass is 9.94. The number of alkyl halides is 15. The minimum atomic E-state index is -8.52. The molecule has 0 aliphatic rings. The van der Waals surface area contributed by atoms with Gasteiger partial charge in [-0.3, -0.25) is 0 Å². The lowest BCUT2D eigenvalue weighted by Crippen LogP contribution is -2.73. The zero-order valence-electron chi connectivity index (χ0n) is 14.0. The second-order valence-electron chi connectivity index (χ2n) is 5.64. The zero-order chi connectivity index (χ0) is 24.8. The molecule has 0 atom stereocenters. The van der Waals surface area contributed by atoms with E-state index in [0.717, 1.165) is 0 Å². The van der Waals surface area contributed by atoms with E-state index in [0.29, 0.717) is 4.72 Å². The third kappa shape index (κ3) is 3.90. The minimum Gasteiger partial charge on any atom is -0.210 e. The maximum absolute atomic E-state index is 13.5. The van der Waals surface area contributed by atoms with Crippen molar-refractivity contribution in [3.05, 3.63) is 0 Å². The summed E-state index contributed by atoms with van der Waals surface area (Å²) in [5, 5.41) is -7.36. The first-order valence-electron chi connectivity index (χ1n) is 7.14. The van der Waals surface area contributed by atoms with Crippen molar-refractivity contribution in [1.82, 2.24) is 4.72 Å². The van der Waals surface area contributed by atoms with Crippen LogP contribution in [0.3, 0.4) is 0 Å². The Morgan fingerprint density at radius 2 is 0.933 bits per heavy atom. The second kappa shape index (κ2) is 7.77. The van der Waals surface area contributed by atoms with Crippen LogP contribution < -0.4 is 4.72 Å². The number of hydrogen-bond donors (Lipinski definition) is 1. The molecule has 0 aromatic carbocycles. The lowest BCUT2D eigenvalue weighted by Gasteiger charge is -2.41. The SMILES string of the molecule is CCCCNS(=O)(=O)C(F)(F)C(F)(F)C(F)(F)C(F)(F)C(F)(F)C(F)(F)C(F)(F)F. The van der Waals surface area contributed by atoms with Gasteiger partial charge in [-0.05, 0) is 6.42 Å². The van der Waals surface area contributed by atoms with E-state index in [1.54, 1.807) is 0 Å². The smallest absolute Gasteiger partial charge is 0.210 e. The summed E-state index contributed by atoms with van der Waals surface area (Å²) in [6.45, 7) is 0.118. The highest BCUT2D eigenvalue weighted by Crippen LogP contribution is 2.62. The molecule has 0 aromatic heterocycles. The number of hydrogen-bond acceptors (Lipinski definition) is 2. The first-order valence-corrected chi connectivity index (χ1v) is 8.62. The van der Waals surface area contributed by atoms with Crippen LogP contribution in [-0.4, -0.2) is 56.0 Å². The molecular weight excluding hydrogens is 495 g/mol. The summed E-state index contributed by atoms with van der Waals surface area (Å²) in [4.78, 5) is 0. The van der Waals surface area contributed by atoms with E-state index in [1.165, 1.54) is 6.92 Å². The van der Waals surface area contributed by atoms with E-state index in [9.17, 15) is 74.3 Å². The first kappa shape index (κ1) is 28.9. The second-order valence-corrected chi connectivity index (χ2v) is 7.45. The fourth-order valence-corrected chi connectivity index (χ4v) is 2.66. The number of nitrogens with one attached hydrogen (secondary N) is 1. The van der Waals surface area contributed by atoms with Crippen molar-refractivity contribution in [1.29, 1.82) is 0 Å². The van der Waals surface area contributed by atoms with E-state index < -0.39 is 64.0 Å². The van der Waals surface area contributed by atoms with Gasteiger partial charge in [-0.15, -0.1) is 0 Å². The highest BCUT2D eigenvalue weighted by atomic mass is 32.2. The summed E-state index contributed by atoms with van der Waals surface area (Å²) < 4.78 is 217. The van der Waals surface area contributed by atoms with Crippen LogP contribution in [0.25, 0.3) is 0 Å². The monoisotopic (exact) mass is 505 g/mol. The fraction of sp³-hybridized carbons (Fsp3) is 1.00. The third-order valence-corrected chi connectivity index (χ3v) is 4.97. The maximum Gasteiger partial charge on any atom is 0.460 e. The molecule has 30 heavy (non-hydrogen) atoms. The summed E-state index contributed by atoms with van der Waals surface area (Å²) in [6.07, 6.45) is -8.14. The van der Waals surface area contributed by atoms with Gasteiger partial charge in [0.15, 0.2) is 0 Å². The van der Waals surface area contributed by atoms with Crippen molar-refractivity contribution in [2.24, 2.45) is 0 Å². The molecule has 0 saturated heterocycles. The van der Waals surface area contributed by atoms with Crippen LogP contribution in [0.4, 0.5) is 65.9 Å². The van der Waals surface area contributed by atoms with Crippen LogP contribution in [0.2, 0.25) is 0 Å². The highest BCUT2D eigenvalue weighted by molar-refractivity contribution is 7.90. The Hall–Kier alpha value is -1.14. The van der Waals surface area contributed by atoms with Gasteiger partial charge in [0, 0.05) is 6.54 Å². The van der Waals surface area contributed by atoms with Crippen LogP contribution >= 0.6 is 0 Å². The van der Waals surface area contributed by atoms with Gasteiger partial charge in [0.25, 0.3) is 10.0 Å². The van der Waals surface area contributed by atoms with E-state index in [2.05, 4.69) is 0 Å². The molecule has 0 radical (unpaired) electrons. The molecule has 0 aliphatic heterocycles. The van der Waals surface area contributed by atoms with Crippen molar-refractivity contribution in [3.8, 4) is 0 Å².